The fourth-order valence-corrected chi connectivity index (χ4v) is 3.36. The zero-order valence-electron chi connectivity index (χ0n) is 15.0. The molecule has 140 valence electrons. The zero-order valence-corrected chi connectivity index (χ0v) is 15.8. The van der Waals surface area contributed by atoms with E-state index in [1.165, 1.54) is 12.6 Å². The number of hydrogen-bond donors (Lipinski definition) is 2. The average Bonchev–Trinajstić information content (AvgIpc) is 2.69. The first-order chi connectivity index (χ1) is 13.5. The second-order valence-corrected chi connectivity index (χ2v) is 8.24. The number of pyridine rings is 1. The SMILES string of the molecule is CS(=O)(=O)c1ccc2ncnc(Nc3ccc(Nc4ccccc4)nc3)c2c1. The van der Waals surface area contributed by atoms with Crippen molar-refractivity contribution in [2.75, 3.05) is 16.9 Å². The maximum Gasteiger partial charge on any atom is 0.175 e. The number of fused-ring (bicyclic) bond motifs is 1. The summed E-state index contributed by atoms with van der Waals surface area (Å²) in [7, 11) is -3.32. The topological polar surface area (TPSA) is 96.9 Å². The van der Waals surface area contributed by atoms with E-state index >= 15 is 0 Å². The van der Waals surface area contributed by atoms with E-state index in [4.69, 9.17) is 0 Å². The van der Waals surface area contributed by atoms with Crippen molar-refractivity contribution < 1.29 is 8.42 Å². The molecule has 4 rings (SSSR count). The van der Waals surface area contributed by atoms with E-state index in [-0.39, 0.29) is 4.90 Å². The molecule has 0 spiro atoms. The molecule has 0 aliphatic rings. The molecule has 0 aliphatic heterocycles. The number of nitrogens with zero attached hydrogens (tertiary/aromatic N) is 3. The molecule has 0 aliphatic carbocycles. The molecule has 0 bridgehead atoms. The first-order valence-corrected chi connectivity index (χ1v) is 10.4. The molecule has 4 aromatic rings. The fourth-order valence-electron chi connectivity index (χ4n) is 2.71. The van der Waals surface area contributed by atoms with Crippen molar-refractivity contribution in [1.29, 1.82) is 0 Å². The second kappa shape index (κ2) is 7.24. The molecule has 0 fully saturated rings. The maximum absolute atomic E-state index is 11.9. The van der Waals surface area contributed by atoms with Crippen molar-refractivity contribution in [2.45, 2.75) is 4.90 Å². The summed E-state index contributed by atoms with van der Waals surface area (Å²) in [6, 6.07) is 18.3. The molecule has 2 aromatic heterocycles. The third-order valence-electron chi connectivity index (χ3n) is 4.11. The Labute approximate surface area is 162 Å². The molecule has 0 unspecified atom stereocenters. The predicted molar refractivity (Wildman–Crippen MR) is 110 cm³/mol. The second-order valence-electron chi connectivity index (χ2n) is 6.22. The number of anilines is 4. The van der Waals surface area contributed by atoms with Crippen LogP contribution in [-0.4, -0.2) is 29.6 Å². The van der Waals surface area contributed by atoms with E-state index in [1.807, 2.05) is 42.5 Å². The van der Waals surface area contributed by atoms with Gasteiger partial charge in [-0.15, -0.1) is 0 Å². The highest BCUT2D eigenvalue weighted by Gasteiger charge is 2.11. The zero-order chi connectivity index (χ0) is 19.6. The molecule has 0 saturated carbocycles. The van der Waals surface area contributed by atoms with E-state index in [0.717, 1.165) is 11.4 Å². The molecule has 28 heavy (non-hydrogen) atoms. The van der Waals surface area contributed by atoms with E-state index in [1.54, 1.807) is 24.4 Å². The standard InChI is InChI=1S/C20H17N5O2S/c1-28(26,27)16-8-9-18-17(11-16)20(23-13-22-18)25-15-7-10-19(21-12-15)24-14-5-3-2-4-6-14/h2-13H,1H3,(H,21,24)(H,22,23,25). The average molecular weight is 391 g/mol. The van der Waals surface area contributed by atoms with Gasteiger partial charge in [0.05, 0.1) is 22.3 Å². The Morgan fingerprint density at radius 1 is 0.821 bits per heavy atom. The number of benzene rings is 2. The van der Waals surface area contributed by atoms with Crippen LogP contribution in [0.2, 0.25) is 0 Å². The van der Waals surface area contributed by atoms with Gasteiger partial charge in [-0.05, 0) is 42.5 Å². The van der Waals surface area contributed by atoms with Crippen molar-refractivity contribution >= 4 is 43.8 Å². The summed E-state index contributed by atoms with van der Waals surface area (Å²) in [6.07, 6.45) is 4.29. The lowest BCUT2D eigenvalue weighted by Crippen LogP contribution is -2.00. The largest absolute Gasteiger partial charge is 0.340 e. The molecular weight excluding hydrogens is 374 g/mol. The van der Waals surface area contributed by atoms with Crippen LogP contribution in [0.25, 0.3) is 10.9 Å². The van der Waals surface area contributed by atoms with Crippen LogP contribution in [0.15, 0.2) is 78.1 Å². The first-order valence-electron chi connectivity index (χ1n) is 8.49. The van der Waals surface area contributed by atoms with Crippen molar-refractivity contribution in [3.8, 4) is 0 Å². The first kappa shape index (κ1) is 17.9. The Morgan fingerprint density at radius 2 is 1.64 bits per heavy atom. The third-order valence-corrected chi connectivity index (χ3v) is 5.22. The van der Waals surface area contributed by atoms with Crippen LogP contribution in [0.3, 0.4) is 0 Å². The molecule has 0 saturated heterocycles. The number of hydrogen-bond acceptors (Lipinski definition) is 7. The normalized spacial score (nSPS) is 11.3. The summed E-state index contributed by atoms with van der Waals surface area (Å²) in [5.41, 5.74) is 2.33. The summed E-state index contributed by atoms with van der Waals surface area (Å²) in [5.74, 6) is 1.23. The van der Waals surface area contributed by atoms with E-state index in [2.05, 4.69) is 25.6 Å². The predicted octanol–water partition coefficient (Wildman–Crippen LogP) is 3.92. The molecule has 8 heteroatoms. The molecule has 2 N–H and O–H groups in total. The minimum Gasteiger partial charge on any atom is -0.340 e. The molecule has 0 radical (unpaired) electrons. The fraction of sp³-hybridized carbons (Fsp3) is 0.0500. The van der Waals surface area contributed by atoms with Crippen LogP contribution >= 0.6 is 0 Å². The van der Waals surface area contributed by atoms with Gasteiger partial charge in [0, 0.05) is 17.3 Å². The van der Waals surface area contributed by atoms with E-state index in [0.29, 0.717) is 22.5 Å². The quantitative estimate of drug-likeness (QED) is 0.532. The smallest absolute Gasteiger partial charge is 0.175 e. The number of sulfone groups is 1. The van der Waals surface area contributed by atoms with Crippen LogP contribution in [0.1, 0.15) is 0 Å². The summed E-state index contributed by atoms with van der Waals surface area (Å²) in [4.78, 5) is 13.1. The van der Waals surface area contributed by atoms with Gasteiger partial charge >= 0.3 is 0 Å². The minimum absolute atomic E-state index is 0.221. The number of aromatic nitrogens is 3. The van der Waals surface area contributed by atoms with Gasteiger partial charge in [0.15, 0.2) is 9.84 Å². The molecular formula is C20H17N5O2S. The van der Waals surface area contributed by atoms with Crippen molar-refractivity contribution in [3.05, 3.63) is 73.2 Å². The monoisotopic (exact) mass is 391 g/mol. The third kappa shape index (κ3) is 3.91. The number of rotatable bonds is 5. The van der Waals surface area contributed by atoms with Crippen LogP contribution in [0.4, 0.5) is 23.0 Å². The molecule has 7 nitrogen and oxygen atoms in total. The Balaban J connectivity index is 1.61. The Hall–Kier alpha value is -3.52. The maximum atomic E-state index is 11.9. The lowest BCUT2D eigenvalue weighted by Gasteiger charge is -2.10. The lowest BCUT2D eigenvalue weighted by molar-refractivity contribution is 0.602. The lowest BCUT2D eigenvalue weighted by atomic mass is 10.2. The number of nitrogens with one attached hydrogen (secondary N) is 2. The van der Waals surface area contributed by atoms with E-state index in [9.17, 15) is 8.42 Å². The summed E-state index contributed by atoms with van der Waals surface area (Å²) < 4.78 is 23.7. The molecule has 2 heterocycles. The van der Waals surface area contributed by atoms with Crippen LogP contribution < -0.4 is 10.6 Å². The molecule has 0 atom stereocenters. The Kier molecular flexibility index (Phi) is 4.62. The van der Waals surface area contributed by atoms with Crippen molar-refractivity contribution in [1.82, 2.24) is 15.0 Å². The van der Waals surface area contributed by atoms with Crippen LogP contribution in [0.5, 0.6) is 0 Å². The van der Waals surface area contributed by atoms with Gasteiger partial charge in [0.25, 0.3) is 0 Å². The van der Waals surface area contributed by atoms with Crippen molar-refractivity contribution in [2.24, 2.45) is 0 Å². The number of para-hydroxylation sites is 1. The summed E-state index contributed by atoms with van der Waals surface area (Å²) in [5, 5.41) is 7.02. The molecule has 2 aromatic carbocycles. The van der Waals surface area contributed by atoms with Gasteiger partial charge < -0.3 is 10.6 Å². The Bertz CT molecular complexity index is 1230. The van der Waals surface area contributed by atoms with Gasteiger partial charge in [0.1, 0.15) is 18.0 Å². The van der Waals surface area contributed by atoms with Gasteiger partial charge in [0.2, 0.25) is 0 Å². The highest BCUT2D eigenvalue weighted by molar-refractivity contribution is 7.90. The highest BCUT2D eigenvalue weighted by atomic mass is 32.2. The summed E-state index contributed by atoms with van der Waals surface area (Å²) in [6.45, 7) is 0. The highest BCUT2D eigenvalue weighted by Crippen LogP contribution is 2.26. The van der Waals surface area contributed by atoms with Gasteiger partial charge in [-0.3, -0.25) is 0 Å². The molecule has 0 amide bonds. The minimum atomic E-state index is -3.32. The van der Waals surface area contributed by atoms with Gasteiger partial charge in [-0.2, -0.15) is 0 Å². The van der Waals surface area contributed by atoms with Crippen molar-refractivity contribution in [3.63, 3.8) is 0 Å². The van der Waals surface area contributed by atoms with Gasteiger partial charge in [-0.25, -0.2) is 23.4 Å². The summed E-state index contributed by atoms with van der Waals surface area (Å²) >= 11 is 0. The van der Waals surface area contributed by atoms with Crippen LogP contribution in [0, 0.1) is 0 Å². The van der Waals surface area contributed by atoms with Gasteiger partial charge in [-0.1, -0.05) is 18.2 Å². The Morgan fingerprint density at radius 3 is 2.36 bits per heavy atom. The van der Waals surface area contributed by atoms with E-state index < -0.39 is 9.84 Å². The van der Waals surface area contributed by atoms with Crippen LogP contribution in [-0.2, 0) is 9.84 Å².